The minimum atomic E-state index is 1.07. The van der Waals surface area contributed by atoms with E-state index in [0.717, 1.165) is 6.42 Å². The average Bonchev–Trinajstić information content (AvgIpc) is 2.94. The number of hydrogen-bond donors (Lipinski definition) is 0. The van der Waals surface area contributed by atoms with Crippen LogP contribution in [-0.2, 0) is 6.42 Å². The van der Waals surface area contributed by atoms with E-state index in [4.69, 9.17) is 0 Å². The molecule has 0 aliphatic heterocycles. The van der Waals surface area contributed by atoms with Crippen molar-refractivity contribution < 1.29 is 0 Å². The van der Waals surface area contributed by atoms with Crippen LogP contribution < -0.4 is 0 Å². The standard InChI is InChI=1S/C19H14/c1-2-9-18-15(5-1)7-4-10-19(18)17-12-11-14-6-3-8-16(14)13-17/h1-5,7-13H,6H2. The number of allylic oxidation sites excluding steroid dienone is 1. The Morgan fingerprint density at radius 1 is 0.789 bits per heavy atom. The lowest BCUT2D eigenvalue weighted by Crippen LogP contribution is -1.85. The molecule has 3 aromatic rings. The third-order valence-electron chi connectivity index (χ3n) is 3.88. The topological polar surface area (TPSA) is 0 Å². The maximum atomic E-state index is 2.31. The monoisotopic (exact) mass is 242 g/mol. The van der Waals surface area contributed by atoms with Crippen LogP contribution in [0, 0.1) is 0 Å². The van der Waals surface area contributed by atoms with Crippen LogP contribution in [0.15, 0.2) is 66.7 Å². The van der Waals surface area contributed by atoms with Gasteiger partial charge in [-0.1, -0.05) is 66.7 Å². The SMILES string of the molecule is C1=Cc2cc(-c3cccc4ccccc34)ccc2C1. The van der Waals surface area contributed by atoms with E-state index in [1.807, 2.05) is 0 Å². The van der Waals surface area contributed by atoms with Gasteiger partial charge in [0, 0.05) is 0 Å². The van der Waals surface area contributed by atoms with Crippen LogP contribution in [0.1, 0.15) is 11.1 Å². The highest BCUT2D eigenvalue weighted by molar-refractivity contribution is 5.97. The second kappa shape index (κ2) is 4.10. The van der Waals surface area contributed by atoms with E-state index in [1.54, 1.807) is 0 Å². The van der Waals surface area contributed by atoms with Crippen LogP contribution in [0.5, 0.6) is 0 Å². The van der Waals surface area contributed by atoms with Crippen molar-refractivity contribution in [1.82, 2.24) is 0 Å². The predicted molar refractivity (Wildman–Crippen MR) is 82.1 cm³/mol. The number of benzene rings is 3. The molecule has 0 saturated carbocycles. The molecule has 0 heterocycles. The highest BCUT2D eigenvalue weighted by Crippen LogP contribution is 2.31. The zero-order valence-electron chi connectivity index (χ0n) is 10.6. The van der Waals surface area contributed by atoms with Crippen molar-refractivity contribution in [3.8, 4) is 11.1 Å². The van der Waals surface area contributed by atoms with Crippen molar-refractivity contribution >= 4 is 16.8 Å². The summed E-state index contributed by atoms with van der Waals surface area (Å²) in [5, 5.41) is 2.63. The summed E-state index contributed by atoms with van der Waals surface area (Å²) < 4.78 is 0. The summed E-state index contributed by atoms with van der Waals surface area (Å²) in [6.07, 6.45) is 5.53. The van der Waals surface area contributed by atoms with Gasteiger partial charge in [0.2, 0.25) is 0 Å². The molecule has 0 radical (unpaired) electrons. The average molecular weight is 242 g/mol. The van der Waals surface area contributed by atoms with Gasteiger partial charge >= 0.3 is 0 Å². The van der Waals surface area contributed by atoms with Crippen molar-refractivity contribution in [2.75, 3.05) is 0 Å². The second-order valence-electron chi connectivity index (χ2n) is 5.05. The second-order valence-corrected chi connectivity index (χ2v) is 5.05. The van der Waals surface area contributed by atoms with Crippen molar-refractivity contribution in [2.45, 2.75) is 6.42 Å². The van der Waals surface area contributed by atoms with E-state index in [0.29, 0.717) is 0 Å². The molecule has 0 unspecified atom stereocenters. The Labute approximate surface area is 113 Å². The van der Waals surface area contributed by atoms with Gasteiger partial charge in [-0.25, -0.2) is 0 Å². The molecule has 0 atom stereocenters. The molecule has 0 bridgehead atoms. The third kappa shape index (κ3) is 1.68. The zero-order chi connectivity index (χ0) is 12.7. The summed E-state index contributed by atoms with van der Waals surface area (Å²) in [7, 11) is 0. The van der Waals surface area contributed by atoms with E-state index in [1.165, 1.54) is 33.0 Å². The predicted octanol–water partition coefficient (Wildman–Crippen LogP) is 5.08. The summed E-state index contributed by atoms with van der Waals surface area (Å²) in [6, 6.07) is 21.9. The largest absolute Gasteiger partial charge is 0.0795 e. The quantitative estimate of drug-likeness (QED) is 0.558. The van der Waals surface area contributed by atoms with Crippen LogP contribution in [0.4, 0.5) is 0 Å². The molecule has 1 aliphatic rings. The summed E-state index contributed by atoms with van der Waals surface area (Å²) in [5.74, 6) is 0. The first kappa shape index (κ1) is 10.6. The Balaban J connectivity index is 1.97. The van der Waals surface area contributed by atoms with Gasteiger partial charge in [0.1, 0.15) is 0 Å². The lowest BCUT2D eigenvalue weighted by molar-refractivity contribution is 1.31. The highest BCUT2D eigenvalue weighted by Gasteiger charge is 2.08. The van der Waals surface area contributed by atoms with Gasteiger partial charge in [0.15, 0.2) is 0 Å². The third-order valence-corrected chi connectivity index (χ3v) is 3.88. The number of rotatable bonds is 1. The molecule has 0 heteroatoms. The summed E-state index contributed by atoms with van der Waals surface area (Å²) >= 11 is 0. The fourth-order valence-electron chi connectivity index (χ4n) is 2.89. The number of hydrogen-bond acceptors (Lipinski definition) is 0. The van der Waals surface area contributed by atoms with Gasteiger partial charge < -0.3 is 0 Å². The van der Waals surface area contributed by atoms with Crippen molar-refractivity contribution in [1.29, 1.82) is 0 Å². The molecular formula is C19H14. The molecule has 4 rings (SSSR count). The molecule has 3 aromatic carbocycles. The lowest BCUT2D eigenvalue weighted by atomic mass is 9.96. The van der Waals surface area contributed by atoms with Gasteiger partial charge in [-0.2, -0.15) is 0 Å². The number of fused-ring (bicyclic) bond motifs is 2. The first-order valence-electron chi connectivity index (χ1n) is 6.69. The zero-order valence-corrected chi connectivity index (χ0v) is 10.6. The minimum absolute atomic E-state index is 1.07. The van der Waals surface area contributed by atoms with Crippen molar-refractivity contribution in [3.63, 3.8) is 0 Å². The highest BCUT2D eigenvalue weighted by atomic mass is 14.1. The lowest BCUT2D eigenvalue weighted by Gasteiger charge is -2.08. The van der Waals surface area contributed by atoms with E-state index >= 15 is 0 Å². The maximum absolute atomic E-state index is 2.31. The summed E-state index contributed by atoms with van der Waals surface area (Å²) in [6.45, 7) is 0. The van der Waals surface area contributed by atoms with Crippen molar-refractivity contribution in [2.24, 2.45) is 0 Å². The summed E-state index contributed by atoms with van der Waals surface area (Å²) in [4.78, 5) is 0. The van der Waals surface area contributed by atoms with Crippen LogP contribution in [-0.4, -0.2) is 0 Å². The Kier molecular flexibility index (Phi) is 2.28. The molecule has 19 heavy (non-hydrogen) atoms. The first-order chi connectivity index (χ1) is 9.42. The molecule has 90 valence electrons. The molecule has 0 nitrogen and oxygen atoms in total. The van der Waals surface area contributed by atoms with Gasteiger partial charge in [0.25, 0.3) is 0 Å². The molecule has 1 aliphatic carbocycles. The Morgan fingerprint density at radius 3 is 2.68 bits per heavy atom. The fourth-order valence-corrected chi connectivity index (χ4v) is 2.89. The van der Waals surface area contributed by atoms with Crippen molar-refractivity contribution in [3.05, 3.63) is 77.9 Å². The van der Waals surface area contributed by atoms with Crippen LogP contribution in [0.25, 0.3) is 28.0 Å². The van der Waals surface area contributed by atoms with E-state index in [2.05, 4.69) is 72.8 Å². The van der Waals surface area contributed by atoms with Gasteiger partial charge in [0.05, 0.1) is 0 Å². The molecule has 0 saturated heterocycles. The Bertz CT molecular complexity index is 789. The van der Waals surface area contributed by atoms with Gasteiger partial charge in [-0.3, -0.25) is 0 Å². The molecular weight excluding hydrogens is 228 g/mol. The molecule has 0 spiro atoms. The van der Waals surface area contributed by atoms with Gasteiger partial charge in [-0.15, -0.1) is 0 Å². The molecule has 0 fully saturated rings. The fraction of sp³-hybridized carbons (Fsp3) is 0.0526. The van der Waals surface area contributed by atoms with Crippen LogP contribution in [0.2, 0.25) is 0 Å². The molecule has 0 amide bonds. The Hall–Kier alpha value is -2.34. The maximum Gasteiger partial charge on any atom is -0.00882 e. The molecule has 0 N–H and O–H groups in total. The smallest absolute Gasteiger partial charge is 0.00882 e. The van der Waals surface area contributed by atoms with E-state index in [9.17, 15) is 0 Å². The van der Waals surface area contributed by atoms with E-state index in [-0.39, 0.29) is 0 Å². The normalized spacial score (nSPS) is 12.8. The van der Waals surface area contributed by atoms with Crippen LogP contribution in [0.3, 0.4) is 0 Å². The minimum Gasteiger partial charge on any atom is -0.0795 e. The van der Waals surface area contributed by atoms with Crippen LogP contribution >= 0.6 is 0 Å². The van der Waals surface area contributed by atoms with E-state index < -0.39 is 0 Å². The Morgan fingerprint density at radius 2 is 1.68 bits per heavy atom. The molecule has 0 aromatic heterocycles. The summed E-state index contributed by atoms with van der Waals surface area (Å²) in [5.41, 5.74) is 5.43. The van der Waals surface area contributed by atoms with Gasteiger partial charge in [-0.05, 0) is 45.5 Å². The first-order valence-corrected chi connectivity index (χ1v) is 6.69.